The summed E-state index contributed by atoms with van der Waals surface area (Å²) >= 11 is 0. The molecule has 0 saturated carbocycles. The Morgan fingerprint density at radius 1 is 1.11 bits per heavy atom. The SMILES string of the molecule is CCCCOCCOc1ccc(-c2cc(=O)[nH]c(-c3cc(CNC(=O)C(C)C)cnc3C(F)(F)F)n2)cc1. The normalized spacial score (nSPS) is 11.6. The monoisotopic (exact) mass is 532 g/mol. The van der Waals surface area contributed by atoms with E-state index in [9.17, 15) is 22.8 Å². The zero-order valence-electron chi connectivity index (χ0n) is 21.5. The summed E-state index contributed by atoms with van der Waals surface area (Å²) in [4.78, 5) is 34.6. The first kappa shape index (κ1) is 28.8. The van der Waals surface area contributed by atoms with Gasteiger partial charge in [-0.1, -0.05) is 27.2 Å². The van der Waals surface area contributed by atoms with Gasteiger partial charge in [0.25, 0.3) is 5.56 Å². The van der Waals surface area contributed by atoms with Gasteiger partial charge in [-0.2, -0.15) is 13.2 Å². The van der Waals surface area contributed by atoms with Crippen LogP contribution in [0.15, 0.2) is 47.4 Å². The molecule has 0 aliphatic carbocycles. The Morgan fingerprint density at radius 3 is 2.50 bits per heavy atom. The van der Waals surface area contributed by atoms with E-state index in [-0.39, 0.29) is 29.9 Å². The predicted molar refractivity (Wildman–Crippen MR) is 136 cm³/mol. The van der Waals surface area contributed by atoms with E-state index in [0.29, 0.717) is 36.7 Å². The van der Waals surface area contributed by atoms with Crippen LogP contribution in [0.1, 0.15) is 44.9 Å². The summed E-state index contributed by atoms with van der Waals surface area (Å²) in [5.41, 5.74) is -1.18. The maximum absolute atomic E-state index is 13.8. The van der Waals surface area contributed by atoms with Crippen LogP contribution in [0, 0.1) is 5.92 Å². The Kier molecular flexibility index (Phi) is 10.0. The molecule has 2 heterocycles. The third kappa shape index (κ3) is 8.14. The number of aromatic nitrogens is 3. The number of ether oxygens (including phenoxy) is 2. The van der Waals surface area contributed by atoms with Crippen LogP contribution >= 0.6 is 0 Å². The fourth-order valence-corrected chi connectivity index (χ4v) is 3.43. The molecule has 0 fully saturated rings. The van der Waals surface area contributed by atoms with E-state index in [0.717, 1.165) is 19.0 Å². The van der Waals surface area contributed by atoms with Crippen molar-refractivity contribution < 1.29 is 27.4 Å². The summed E-state index contributed by atoms with van der Waals surface area (Å²) in [6.45, 7) is 6.97. The van der Waals surface area contributed by atoms with Crippen molar-refractivity contribution in [3.8, 4) is 28.4 Å². The molecule has 3 rings (SSSR count). The Morgan fingerprint density at radius 2 is 1.84 bits per heavy atom. The number of hydrogen-bond acceptors (Lipinski definition) is 6. The number of amides is 1. The highest BCUT2D eigenvalue weighted by Crippen LogP contribution is 2.35. The fourth-order valence-electron chi connectivity index (χ4n) is 3.43. The number of H-pyrrole nitrogens is 1. The van der Waals surface area contributed by atoms with Gasteiger partial charge in [-0.25, -0.2) is 4.98 Å². The molecule has 1 aromatic carbocycles. The molecule has 2 N–H and O–H groups in total. The Balaban J connectivity index is 1.85. The van der Waals surface area contributed by atoms with Crippen LogP contribution in [-0.4, -0.2) is 40.7 Å². The van der Waals surface area contributed by atoms with Crippen molar-refractivity contribution in [2.75, 3.05) is 19.8 Å². The molecule has 0 radical (unpaired) electrons. The van der Waals surface area contributed by atoms with Gasteiger partial charge in [-0.15, -0.1) is 0 Å². The highest BCUT2D eigenvalue weighted by molar-refractivity contribution is 5.77. The average molecular weight is 533 g/mol. The number of rotatable bonds is 12. The fraction of sp³-hybridized carbons (Fsp3) is 0.407. The molecule has 11 heteroatoms. The van der Waals surface area contributed by atoms with Gasteiger partial charge < -0.3 is 19.8 Å². The Labute approximate surface area is 218 Å². The molecule has 0 unspecified atom stereocenters. The van der Waals surface area contributed by atoms with Crippen LogP contribution in [0.25, 0.3) is 22.6 Å². The van der Waals surface area contributed by atoms with Crippen molar-refractivity contribution in [2.45, 2.75) is 46.3 Å². The maximum atomic E-state index is 13.8. The summed E-state index contributed by atoms with van der Waals surface area (Å²) in [7, 11) is 0. The summed E-state index contributed by atoms with van der Waals surface area (Å²) in [5.74, 6) is -0.245. The van der Waals surface area contributed by atoms with E-state index in [1.165, 1.54) is 12.1 Å². The number of unbranched alkanes of at least 4 members (excludes halogenated alkanes) is 1. The van der Waals surface area contributed by atoms with Crippen LogP contribution in [0.3, 0.4) is 0 Å². The first-order valence-electron chi connectivity index (χ1n) is 12.3. The zero-order valence-corrected chi connectivity index (χ0v) is 21.5. The maximum Gasteiger partial charge on any atom is 0.434 e. The lowest BCUT2D eigenvalue weighted by Crippen LogP contribution is -2.27. The van der Waals surface area contributed by atoms with Crippen LogP contribution in [-0.2, 0) is 22.3 Å². The predicted octanol–water partition coefficient (Wildman–Crippen LogP) is 4.99. The molecule has 8 nitrogen and oxygen atoms in total. The number of aromatic amines is 1. The lowest BCUT2D eigenvalue weighted by molar-refractivity contribution is -0.140. The van der Waals surface area contributed by atoms with E-state index >= 15 is 0 Å². The van der Waals surface area contributed by atoms with Gasteiger partial charge in [-0.05, 0) is 42.3 Å². The minimum atomic E-state index is -4.79. The van der Waals surface area contributed by atoms with Crippen LogP contribution in [0.4, 0.5) is 13.2 Å². The standard InChI is InChI=1S/C27H31F3N4O4/c1-4-5-10-37-11-12-38-20-8-6-19(7-9-20)22-14-23(35)34-25(33-22)21-13-18(16-32-26(36)17(2)3)15-31-24(21)27(28,29)30/h6-9,13-15,17H,4-5,10-12,16H2,1-3H3,(H,32,36)(H,33,34,35). The van der Waals surface area contributed by atoms with Crippen molar-refractivity contribution in [3.63, 3.8) is 0 Å². The van der Waals surface area contributed by atoms with Gasteiger partial charge in [0.1, 0.15) is 18.2 Å². The van der Waals surface area contributed by atoms with E-state index in [2.05, 4.69) is 27.2 Å². The van der Waals surface area contributed by atoms with Crippen LogP contribution in [0.5, 0.6) is 5.75 Å². The number of hydrogen-bond donors (Lipinski definition) is 2. The second-order valence-corrected chi connectivity index (χ2v) is 8.93. The molecule has 2 aromatic heterocycles. The second kappa shape index (κ2) is 13.2. The van der Waals surface area contributed by atoms with Gasteiger partial charge >= 0.3 is 6.18 Å². The number of nitrogens with zero attached hydrogens (tertiary/aromatic N) is 2. The minimum absolute atomic E-state index is 0.0236. The van der Waals surface area contributed by atoms with Crippen molar-refractivity contribution in [1.29, 1.82) is 0 Å². The molecule has 0 spiro atoms. The molecule has 204 valence electrons. The summed E-state index contributed by atoms with van der Waals surface area (Å²) in [6, 6.07) is 9.13. The number of halogens is 3. The molecule has 0 aliphatic heterocycles. The van der Waals surface area contributed by atoms with Gasteiger partial charge in [0, 0.05) is 42.5 Å². The first-order chi connectivity index (χ1) is 18.1. The first-order valence-corrected chi connectivity index (χ1v) is 12.3. The summed E-state index contributed by atoms with van der Waals surface area (Å²) in [6.07, 6.45) is -1.71. The number of benzene rings is 1. The van der Waals surface area contributed by atoms with Crippen LogP contribution in [0.2, 0.25) is 0 Å². The highest BCUT2D eigenvalue weighted by Gasteiger charge is 2.36. The lowest BCUT2D eigenvalue weighted by atomic mass is 10.1. The molecular weight excluding hydrogens is 501 g/mol. The molecule has 0 aliphatic rings. The van der Waals surface area contributed by atoms with Gasteiger partial charge in [0.2, 0.25) is 5.91 Å². The molecule has 3 aromatic rings. The van der Waals surface area contributed by atoms with Gasteiger partial charge in [-0.3, -0.25) is 14.6 Å². The van der Waals surface area contributed by atoms with Crippen molar-refractivity contribution in [1.82, 2.24) is 20.3 Å². The van der Waals surface area contributed by atoms with Crippen molar-refractivity contribution in [2.24, 2.45) is 5.92 Å². The molecule has 0 saturated heterocycles. The van der Waals surface area contributed by atoms with Crippen molar-refractivity contribution >= 4 is 5.91 Å². The summed E-state index contributed by atoms with van der Waals surface area (Å²) < 4.78 is 52.4. The molecule has 0 bridgehead atoms. The zero-order chi connectivity index (χ0) is 27.7. The smallest absolute Gasteiger partial charge is 0.434 e. The van der Waals surface area contributed by atoms with E-state index in [1.807, 2.05) is 0 Å². The van der Waals surface area contributed by atoms with E-state index < -0.39 is 23.0 Å². The number of nitrogens with one attached hydrogen (secondary N) is 2. The third-order valence-electron chi connectivity index (χ3n) is 5.49. The highest BCUT2D eigenvalue weighted by atomic mass is 19.4. The topological polar surface area (TPSA) is 106 Å². The molecule has 38 heavy (non-hydrogen) atoms. The lowest BCUT2D eigenvalue weighted by Gasteiger charge is -2.14. The molecule has 0 atom stereocenters. The molecule has 1 amide bonds. The number of pyridine rings is 1. The third-order valence-corrected chi connectivity index (χ3v) is 5.49. The summed E-state index contributed by atoms with van der Waals surface area (Å²) in [5, 5.41) is 2.64. The quantitative estimate of drug-likeness (QED) is 0.319. The van der Waals surface area contributed by atoms with Gasteiger partial charge in [0.15, 0.2) is 5.69 Å². The number of alkyl halides is 3. The van der Waals surface area contributed by atoms with Gasteiger partial charge in [0.05, 0.1) is 12.3 Å². The Bertz CT molecular complexity index is 1270. The molecular formula is C27H31F3N4O4. The Hall–Kier alpha value is -3.73. The van der Waals surface area contributed by atoms with Crippen LogP contribution < -0.4 is 15.6 Å². The largest absolute Gasteiger partial charge is 0.491 e. The number of carbonyl (C=O) groups is 1. The average Bonchev–Trinajstić information content (AvgIpc) is 2.88. The van der Waals surface area contributed by atoms with Crippen molar-refractivity contribution in [3.05, 3.63) is 64.2 Å². The number of carbonyl (C=O) groups excluding carboxylic acids is 1. The second-order valence-electron chi connectivity index (χ2n) is 8.93. The minimum Gasteiger partial charge on any atom is -0.491 e. The van der Waals surface area contributed by atoms with E-state index in [1.54, 1.807) is 38.1 Å². The van der Waals surface area contributed by atoms with E-state index in [4.69, 9.17) is 9.47 Å².